The van der Waals surface area contributed by atoms with E-state index < -0.39 is 0 Å². The van der Waals surface area contributed by atoms with E-state index in [1.165, 1.54) is 13.2 Å². The number of ether oxygens (including phenoxy) is 4. The van der Waals surface area contributed by atoms with Crippen LogP contribution in [0.3, 0.4) is 0 Å². The van der Waals surface area contributed by atoms with Gasteiger partial charge in [-0.1, -0.05) is 25.4 Å². The van der Waals surface area contributed by atoms with Gasteiger partial charge in [-0.05, 0) is 30.7 Å². The Balaban J connectivity index is 1.61. The zero-order valence-electron chi connectivity index (χ0n) is 19.6. The topological polar surface area (TPSA) is 83.0 Å². The minimum absolute atomic E-state index is 0.130. The highest BCUT2D eigenvalue weighted by molar-refractivity contribution is 6.33. The summed E-state index contributed by atoms with van der Waals surface area (Å²) in [6.07, 6.45) is 2.92. The summed E-state index contributed by atoms with van der Waals surface area (Å²) in [7, 11) is 3.06. The van der Waals surface area contributed by atoms with E-state index in [0.29, 0.717) is 54.3 Å². The first-order valence-corrected chi connectivity index (χ1v) is 11.2. The fraction of sp³-hybridized carbons (Fsp3) is 0.458. The van der Waals surface area contributed by atoms with E-state index in [0.717, 1.165) is 11.5 Å². The number of aromatic nitrogens is 2. The third-order valence-corrected chi connectivity index (χ3v) is 5.54. The maximum Gasteiger partial charge on any atom is 0.246 e. The van der Waals surface area contributed by atoms with Gasteiger partial charge in [-0.2, -0.15) is 4.98 Å². The molecule has 2 aromatic rings. The van der Waals surface area contributed by atoms with Crippen LogP contribution in [0.2, 0.25) is 5.02 Å². The second-order valence-corrected chi connectivity index (χ2v) is 8.36. The van der Waals surface area contributed by atoms with Crippen molar-refractivity contribution in [1.82, 2.24) is 14.9 Å². The van der Waals surface area contributed by atoms with Crippen LogP contribution in [-0.4, -0.2) is 67.4 Å². The van der Waals surface area contributed by atoms with Gasteiger partial charge in [0.05, 0.1) is 32.4 Å². The average molecular weight is 476 g/mol. The Kier molecular flexibility index (Phi) is 8.52. The Hall–Kier alpha value is -2.84. The SMILES string of the molecule is COc1ccc(/C=C/C(=O)N2CCOC(COc3cc(C)nc(C(C)C)n3)C2)c(Cl)c1OC. The molecule has 1 aromatic heterocycles. The number of aryl methyl sites for hydroxylation is 1. The van der Waals surface area contributed by atoms with E-state index >= 15 is 0 Å². The number of amides is 1. The molecule has 1 aromatic carbocycles. The van der Waals surface area contributed by atoms with Crippen molar-refractivity contribution in [2.24, 2.45) is 0 Å². The molecule has 1 unspecified atom stereocenters. The molecule has 0 bridgehead atoms. The predicted octanol–water partition coefficient (Wildman–Crippen LogP) is 3.90. The number of halogens is 1. The van der Waals surface area contributed by atoms with Crippen LogP contribution in [-0.2, 0) is 9.53 Å². The molecule has 3 rings (SSSR count). The van der Waals surface area contributed by atoms with E-state index in [-0.39, 0.29) is 17.9 Å². The summed E-state index contributed by atoms with van der Waals surface area (Å²) < 4.78 is 22.2. The zero-order chi connectivity index (χ0) is 24.0. The Morgan fingerprint density at radius 1 is 1.30 bits per heavy atom. The molecular formula is C24H30ClN3O5. The minimum Gasteiger partial charge on any atom is -0.493 e. The summed E-state index contributed by atoms with van der Waals surface area (Å²) in [5, 5.41) is 0.384. The molecule has 0 saturated carbocycles. The fourth-order valence-electron chi connectivity index (χ4n) is 3.39. The van der Waals surface area contributed by atoms with E-state index in [2.05, 4.69) is 9.97 Å². The van der Waals surface area contributed by atoms with Gasteiger partial charge >= 0.3 is 0 Å². The molecule has 0 aliphatic carbocycles. The number of carbonyl (C=O) groups excluding carboxylic acids is 1. The Labute approximate surface area is 199 Å². The van der Waals surface area contributed by atoms with Crippen LogP contribution in [0, 0.1) is 6.92 Å². The lowest BCUT2D eigenvalue weighted by atomic mass is 10.1. The van der Waals surface area contributed by atoms with Gasteiger partial charge < -0.3 is 23.8 Å². The molecule has 0 radical (unpaired) electrons. The summed E-state index contributed by atoms with van der Waals surface area (Å²) in [4.78, 5) is 23.4. The number of methoxy groups -OCH3 is 2. The van der Waals surface area contributed by atoms with Crippen molar-refractivity contribution in [2.45, 2.75) is 32.8 Å². The second-order valence-electron chi connectivity index (χ2n) is 7.99. The monoisotopic (exact) mass is 475 g/mol. The number of carbonyl (C=O) groups is 1. The van der Waals surface area contributed by atoms with Crippen LogP contribution in [0.4, 0.5) is 0 Å². The summed E-state index contributed by atoms with van der Waals surface area (Å²) in [5.74, 6) is 2.29. The van der Waals surface area contributed by atoms with Crippen LogP contribution < -0.4 is 14.2 Å². The number of morpholine rings is 1. The van der Waals surface area contributed by atoms with Crippen molar-refractivity contribution in [3.05, 3.63) is 46.4 Å². The molecule has 178 valence electrons. The number of benzene rings is 1. The van der Waals surface area contributed by atoms with Gasteiger partial charge in [-0.25, -0.2) is 4.98 Å². The van der Waals surface area contributed by atoms with E-state index in [4.69, 9.17) is 30.5 Å². The first kappa shape index (κ1) is 24.8. The number of hydrogen-bond donors (Lipinski definition) is 0. The van der Waals surface area contributed by atoms with Crippen LogP contribution in [0.1, 0.15) is 36.8 Å². The predicted molar refractivity (Wildman–Crippen MR) is 126 cm³/mol. The quantitative estimate of drug-likeness (QED) is 0.535. The molecule has 1 atom stereocenters. The van der Waals surface area contributed by atoms with Crippen LogP contribution in [0.25, 0.3) is 6.08 Å². The average Bonchev–Trinajstić information content (AvgIpc) is 2.81. The van der Waals surface area contributed by atoms with Crippen molar-refractivity contribution in [1.29, 1.82) is 0 Å². The summed E-state index contributed by atoms with van der Waals surface area (Å²) in [5.41, 5.74) is 1.51. The molecule has 1 aliphatic rings. The van der Waals surface area contributed by atoms with Gasteiger partial charge in [0.2, 0.25) is 11.8 Å². The first-order valence-electron chi connectivity index (χ1n) is 10.8. The summed E-state index contributed by atoms with van der Waals surface area (Å²) in [6, 6.07) is 5.32. The Bertz CT molecular complexity index is 1010. The van der Waals surface area contributed by atoms with Crippen LogP contribution in [0.5, 0.6) is 17.4 Å². The summed E-state index contributed by atoms with van der Waals surface area (Å²) >= 11 is 6.40. The lowest BCUT2D eigenvalue weighted by molar-refractivity contribution is -0.134. The highest BCUT2D eigenvalue weighted by atomic mass is 35.5. The standard InChI is InChI=1S/C24H30ClN3O5/c1-15(2)24-26-16(3)12-20(27-24)33-14-18-13-28(10-11-32-18)21(29)9-7-17-6-8-19(30-4)23(31-5)22(17)25/h6-9,12,15,18H,10-11,13-14H2,1-5H3/b9-7+. The highest BCUT2D eigenvalue weighted by Gasteiger charge is 2.24. The third kappa shape index (κ3) is 6.36. The largest absolute Gasteiger partial charge is 0.493 e. The maximum atomic E-state index is 12.8. The molecule has 1 aliphatic heterocycles. The Morgan fingerprint density at radius 2 is 2.09 bits per heavy atom. The van der Waals surface area contributed by atoms with E-state index in [1.807, 2.05) is 20.8 Å². The Morgan fingerprint density at radius 3 is 2.79 bits per heavy atom. The molecular weight excluding hydrogens is 446 g/mol. The smallest absolute Gasteiger partial charge is 0.246 e. The molecule has 0 spiro atoms. The normalized spacial score (nSPS) is 16.3. The minimum atomic E-state index is -0.251. The van der Waals surface area contributed by atoms with Crippen molar-refractivity contribution in [3.63, 3.8) is 0 Å². The second kappa shape index (κ2) is 11.3. The van der Waals surface area contributed by atoms with Crippen LogP contribution in [0.15, 0.2) is 24.3 Å². The van der Waals surface area contributed by atoms with Crippen molar-refractivity contribution >= 4 is 23.6 Å². The van der Waals surface area contributed by atoms with Crippen molar-refractivity contribution in [3.8, 4) is 17.4 Å². The molecule has 2 heterocycles. The van der Waals surface area contributed by atoms with Gasteiger partial charge in [0.25, 0.3) is 0 Å². The molecule has 1 fully saturated rings. The zero-order valence-corrected chi connectivity index (χ0v) is 20.4. The van der Waals surface area contributed by atoms with Gasteiger partial charge in [0.15, 0.2) is 11.5 Å². The molecule has 1 saturated heterocycles. The van der Waals surface area contributed by atoms with Crippen molar-refractivity contribution < 1.29 is 23.7 Å². The third-order valence-electron chi connectivity index (χ3n) is 5.15. The van der Waals surface area contributed by atoms with E-state index in [9.17, 15) is 4.79 Å². The van der Waals surface area contributed by atoms with Crippen LogP contribution >= 0.6 is 11.6 Å². The van der Waals surface area contributed by atoms with Gasteiger partial charge in [-0.3, -0.25) is 4.79 Å². The molecule has 1 amide bonds. The maximum absolute atomic E-state index is 12.8. The highest BCUT2D eigenvalue weighted by Crippen LogP contribution is 2.37. The van der Waals surface area contributed by atoms with Gasteiger partial charge in [0.1, 0.15) is 18.5 Å². The molecule has 0 N–H and O–H groups in total. The lowest BCUT2D eigenvalue weighted by Gasteiger charge is -2.32. The van der Waals surface area contributed by atoms with Gasteiger partial charge in [-0.15, -0.1) is 0 Å². The van der Waals surface area contributed by atoms with Crippen molar-refractivity contribution in [2.75, 3.05) is 40.5 Å². The molecule has 8 nitrogen and oxygen atoms in total. The molecule has 33 heavy (non-hydrogen) atoms. The first-order chi connectivity index (χ1) is 15.8. The number of rotatable bonds is 8. The molecule has 9 heteroatoms. The van der Waals surface area contributed by atoms with Gasteiger partial charge in [0, 0.05) is 30.3 Å². The van der Waals surface area contributed by atoms with E-state index in [1.54, 1.807) is 36.3 Å². The number of nitrogens with zero attached hydrogens (tertiary/aromatic N) is 3. The number of hydrogen-bond acceptors (Lipinski definition) is 7. The lowest BCUT2D eigenvalue weighted by Crippen LogP contribution is -2.47. The fourth-order valence-corrected chi connectivity index (χ4v) is 3.69. The summed E-state index contributed by atoms with van der Waals surface area (Å²) in [6.45, 7) is 7.64.